The van der Waals surface area contributed by atoms with Crippen LogP contribution in [0.25, 0.3) is 0 Å². The van der Waals surface area contributed by atoms with Crippen LogP contribution in [-0.2, 0) is 14.8 Å². The van der Waals surface area contributed by atoms with Gasteiger partial charge in [0, 0.05) is 19.0 Å². The van der Waals surface area contributed by atoms with Crippen molar-refractivity contribution in [2.24, 2.45) is 11.7 Å². The molecule has 6 nitrogen and oxygen atoms in total. The molecule has 0 unspecified atom stereocenters. The van der Waals surface area contributed by atoms with Crippen molar-refractivity contribution in [3.63, 3.8) is 0 Å². The number of sulfonamides is 1. The van der Waals surface area contributed by atoms with E-state index in [1.54, 1.807) is 6.07 Å². The highest BCUT2D eigenvalue weighted by atomic mass is 35.5. The van der Waals surface area contributed by atoms with E-state index in [1.165, 1.54) is 16.4 Å². The molecule has 1 heterocycles. The first kappa shape index (κ1) is 17.1. The molecular weight excluding hydrogens is 328 g/mol. The first-order valence-electron chi connectivity index (χ1n) is 7.08. The van der Waals surface area contributed by atoms with Crippen molar-refractivity contribution in [1.29, 1.82) is 0 Å². The van der Waals surface area contributed by atoms with Gasteiger partial charge >= 0.3 is 0 Å². The van der Waals surface area contributed by atoms with Gasteiger partial charge < -0.3 is 10.5 Å². The van der Waals surface area contributed by atoms with Gasteiger partial charge in [0.15, 0.2) is 0 Å². The highest BCUT2D eigenvalue weighted by Crippen LogP contribution is 2.30. The third kappa shape index (κ3) is 3.53. The second kappa shape index (κ2) is 6.85. The first-order chi connectivity index (χ1) is 10.4. The number of carbonyl (C=O) groups is 1. The van der Waals surface area contributed by atoms with Crippen molar-refractivity contribution in [3.05, 3.63) is 23.2 Å². The van der Waals surface area contributed by atoms with Gasteiger partial charge in [-0.15, -0.1) is 0 Å². The fourth-order valence-corrected chi connectivity index (χ4v) is 4.24. The molecule has 8 heteroatoms. The molecule has 1 aromatic carbocycles. The van der Waals surface area contributed by atoms with E-state index in [9.17, 15) is 13.2 Å². The molecule has 1 aliphatic rings. The van der Waals surface area contributed by atoms with Crippen LogP contribution in [0, 0.1) is 5.92 Å². The topological polar surface area (TPSA) is 89.7 Å². The fourth-order valence-electron chi connectivity index (χ4n) is 2.44. The Morgan fingerprint density at radius 3 is 2.55 bits per heavy atom. The number of amides is 1. The Hall–Kier alpha value is -1.31. The third-order valence-corrected chi connectivity index (χ3v) is 5.89. The molecule has 0 aromatic heterocycles. The average molecular weight is 347 g/mol. The lowest BCUT2D eigenvalue weighted by molar-refractivity contribution is -0.122. The molecular formula is C14H19ClN2O4S. The van der Waals surface area contributed by atoms with Gasteiger partial charge in [0.2, 0.25) is 15.9 Å². The van der Waals surface area contributed by atoms with Crippen molar-refractivity contribution in [3.8, 4) is 5.75 Å². The van der Waals surface area contributed by atoms with E-state index in [0.29, 0.717) is 25.2 Å². The quantitative estimate of drug-likeness (QED) is 0.877. The molecule has 122 valence electrons. The minimum Gasteiger partial charge on any atom is -0.492 e. The maximum absolute atomic E-state index is 12.6. The van der Waals surface area contributed by atoms with E-state index in [1.807, 2.05) is 6.92 Å². The molecule has 1 saturated heterocycles. The number of carbonyl (C=O) groups excluding carboxylic acids is 1. The summed E-state index contributed by atoms with van der Waals surface area (Å²) in [4.78, 5) is 11.3. The average Bonchev–Trinajstić information content (AvgIpc) is 2.49. The Morgan fingerprint density at radius 1 is 1.41 bits per heavy atom. The summed E-state index contributed by atoms with van der Waals surface area (Å²) in [6.45, 7) is 2.83. The Morgan fingerprint density at radius 2 is 2.05 bits per heavy atom. The molecule has 2 N–H and O–H groups in total. The van der Waals surface area contributed by atoms with Gasteiger partial charge in [-0.3, -0.25) is 4.79 Å². The van der Waals surface area contributed by atoms with Crippen molar-refractivity contribution < 1.29 is 17.9 Å². The lowest BCUT2D eigenvalue weighted by Gasteiger charge is -2.29. The molecule has 0 aliphatic carbocycles. The number of nitrogens with two attached hydrogens (primary N) is 1. The summed E-state index contributed by atoms with van der Waals surface area (Å²) < 4.78 is 31.8. The number of hydrogen-bond acceptors (Lipinski definition) is 4. The molecule has 2 rings (SSSR count). The lowest BCUT2D eigenvalue weighted by Crippen LogP contribution is -2.41. The number of halogens is 1. The van der Waals surface area contributed by atoms with E-state index in [-0.39, 0.29) is 34.8 Å². The zero-order valence-electron chi connectivity index (χ0n) is 12.3. The van der Waals surface area contributed by atoms with E-state index in [2.05, 4.69) is 0 Å². The van der Waals surface area contributed by atoms with E-state index >= 15 is 0 Å². The zero-order valence-corrected chi connectivity index (χ0v) is 13.9. The summed E-state index contributed by atoms with van der Waals surface area (Å²) in [5.74, 6) is -0.174. The monoisotopic (exact) mass is 346 g/mol. The second-order valence-corrected chi connectivity index (χ2v) is 7.45. The molecule has 0 atom stereocenters. The van der Waals surface area contributed by atoms with Crippen LogP contribution in [0.5, 0.6) is 5.75 Å². The van der Waals surface area contributed by atoms with Crippen LogP contribution in [0.4, 0.5) is 0 Å². The van der Waals surface area contributed by atoms with Crippen molar-refractivity contribution >= 4 is 27.5 Å². The minimum absolute atomic E-state index is 0.124. The maximum atomic E-state index is 12.6. The van der Waals surface area contributed by atoms with E-state index < -0.39 is 10.0 Å². The largest absolute Gasteiger partial charge is 0.492 e. The molecule has 1 fully saturated rings. The number of nitrogens with zero attached hydrogens (tertiary/aromatic N) is 1. The van der Waals surface area contributed by atoms with Crippen molar-refractivity contribution in [1.82, 2.24) is 4.31 Å². The number of ether oxygens (including phenoxy) is 1. The Bertz CT molecular complexity index is 655. The second-order valence-electron chi connectivity index (χ2n) is 5.11. The van der Waals surface area contributed by atoms with Gasteiger partial charge in [0.05, 0.1) is 16.5 Å². The SMILES string of the molecule is CCOc1ccc(S(=O)(=O)N2CCC(C(N)=O)CC2)cc1Cl. The van der Waals surface area contributed by atoms with Gasteiger partial charge in [-0.1, -0.05) is 11.6 Å². The first-order valence-corrected chi connectivity index (χ1v) is 8.90. The van der Waals surface area contributed by atoms with Crippen LogP contribution in [0.1, 0.15) is 19.8 Å². The lowest BCUT2D eigenvalue weighted by atomic mass is 9.98. The normalized spacial score (nSPS) is 17.4. The summed E-state index contributed by atoms with van der Waals surface area (Å²) in [5, 5.41) is 0.259. The van der Waals surface area contributed by atoms with Crippen molar-refractivity contribution in [2.45, 2.75) is 24.7 Å². The highest BCUT2D eigenvalue weighted by Gasteiger charge is 2.31. The van der Waals surface area contributed by atoms with Crippen LogP contribution < -0.4 is 10.5 Å². The standard InChI is InChI=1S/C14H19ClN2O4S/c1-2-21-13-4-3-11(9-12(13)15)22(19,20)17-7-5-10(6-8-17)14(16)18/h3-4,9-10H,2,5-8H2,1H3,(H2,16,18). The third-order valence-electron chi connectivity index (χ3n) is 3.70. The summed E-state index contributed by atoms with van der Waals surface area (Å²) in [5.41, 5.74) is 5.26. The highest BCUT2D eigenvalue weighted by molar-refractivity contribution is 7.89. The molecule has 0 radical (unpaired) electrons. The predicted molar refractivity (Wildman–Crippen MR) is 83.3 cm³/mol. The van der Waals surface area contributed by atoms with Crippen LogP contribution in [0.15, 0.2) is 23.1 Å². The van der Waals surface area contributed by atoms with Crippen LogP contribution in [0.3, 0.4) is 0 Å². The number of piperidine rings is 1. The van der Waals surface area contributed by atoms with Crippen molar-refractivity contribution in [2.75, 3.05) is 19.7 Å². The van der Waals surface area contributed by atoms with Gasteiger partial charge in [-0.2, -0.15) is 4.31 Å². The molecule has 1 aromatic rings. The Balaban J connectivity index is 2.17. The van der Waals surface area contributed by atoms with Crippen LogP contribution in [0.2, 0.25) is 5.02 Å². The molecule has 0 spiro atoms. The number of benzene rings is 1. The van der Waals surface area contributed by atoms with Gasteiger partial charge in [0.1, 0.15) is 5.75 Å². The number of hydrogen-bond donors (Lipinski definition) is 1. The van der Waals surface area contributed by atoms with E-state index in [0.717, 1.165) is 0 Å². The van der Waals surface area contributed by atoms with Gasteiger partial charge in [-0.25, -0.2) is 8.42 Å². The Labute approximate surface area is 135 Å². The number of primary amides is 1. The summed E-state index contributed by atoms with van der Waals surface area (Å²) in [6, 6.07) is 4.42. The minimum atomic E-state index is -3.62. The molecule has 22 heavy (non-hydrogen) atoms. The van der Waals surface area contributed by atoms with Crippen LogP contribution in [-0.4, -0.2) is 38.3 Å². The smallest absolute Gasteiger partial charge is 0.243 e. The molecule has 0 saturated carbocycles. The fraction of sp³-hybridized carbons (Fsp3) is 0.500. The van der Waals surface area contributed by atoms with E-state index in [4.69, 9.17) is 22.1 Å². The molecule has 1 aliphatic heterocycles. The van der Waals surface area contributed by atoms with Gasteiger partial charge in [-0.05, 0) is 38.0 Å². The predicted octanol–water partition coefficient (Wildman–Crippen LogP) is 1.62. The molecule has 1 amide bonds. The molecule has 0 bridgehead atoms. The Kier molecular flexibility index (Phi) is 5.31. The van der Waals surface area contributed by atoms with Gasteiger partial charge in [0.25, 0.3) is 0 Å². The number of rotatable bonds is 5. The maximum Gasteiger partial charge on any atom is 0.243 e. The summed E-state index contributed by atoms with van der Waals surface area (Å²) in [6.07, 6.45) is 0.888. The summed E-state index contributed by atoms with van der Waals surface area (Å²) in [7, 11) is -3.62. The van der Waals surface area contributed by atoms with Crippen LogP contribution >= 0.6 is 11.6 Å². The zero-order chi connectivity index (χ0) is 16.3. The summed E-state index contributed by atoms with van der Waals surface area (Å²) >= 11 is 6.05.